The number of amides is 1. The molecule has 0 unspecified atom stereocenters. The molecule has 40 heavy (non-hydrogen) atoms. The molecular weight excluding hydrogens is 516 g/mol. The number of phenols is 1. The maximum absolute atomic E-state index is 13.8. The Hall–Kier alpha value is -3.99. The van der Waals surface area contributed by atoms with Crippen LogP contribution in [0.25, 0.3) is 11.1 Å². The fourth-order valence-corrected chi connectivity index (χ4v) is 6.74. The van der Waals surface area contributed by atoms with Crippen molar-refractivity contribution in [2.75, 3.05) is 26.3 Å². The summed E-state index contributed by atoms with van der Waals surface area (Å²) in [5, 5.41) is 43.8. The van der Waals surface area contributed by atoms with Gasteiger partial charge in [-0.15, -0.1) is 0 Å². The molecule has 0 radical (unpaired) electrons. The molecule has 1 fully saturated rings. The van der Waals surface area contributed by atoms with Gasteiger partial charge in [0.1, 0.15) is 22.8 Å². The summed E-state index contributed by atoms with van der Waals surface area (Å²) in [5.41, 5.74) is 5.09. The Bertz CT molecular complexity index is 1520. The smallest absolute Gasteiger partial charge is 0.255 e. The van der Waals surface area contributed by atoms with E-state index in [0.29, 0.717) is 18.8 Å². The van der Waals surface area contributed by atoms with Crippen LogP contribution in [0.1, 0.15) is 34.3 Å². The third-order valence-electron chi connectivity index (χ3n) is 8.69. The fraction of sp³-hybridized carbons (Fsp3) is 0.367. The molecule has 0 saturated carbocycles. The van der Waals surface area contributed by atoms with Crippen molar-refractivity contribution in [3.05, 3.63) is 75.8 Å². The molecule has 0 bridgehead atoms. The van der Waals surface area contributed by atoms with Gasteiger partial charge in [0.25, 0.3) is 5.91 Å². The molecule has 2 aromatic carbocycles. The van der Waals surface area contributed by atoms with E-state index in [1.54, 1.807) is 6.07 Å². The number of carbonyl (C=O) groups excluding carboxylic acids is 3. The van der Waals surface area contributed by atoms with Crippen molar-refractivity contribution in [1.29, 1.82) is 0 Å². The summed E-state index contributed by atoms with van der Waals surface area (Å²) < 4.78 is 5.44. The van der Waals surface area contributed by atoms with Gasteiger partial charge >= 0.3 is 0 Å². The summed E-state index contributed by atoms with van der Waals surface area (Å²) in [4.78, 5) is 41.1. The Morgan fingerprint density at radius 3 is 2.55 bits per heavy atom. The number of phenolic OH excluding ortho intramolecular Hbond substituents is 1. The molecule has 0 aromatic heterocycles. The first-order chi connectivity index (χ1) is 19.1. The Morgan fingerprint density at radius 2 is 1.82 bits per heavy atom. The second kappa shape index (κ2) is 9.58. The zero-order chi connectivity index (χ0) is 28.3. The molecule has 10 nitrogen and oxygen atoms in total. The summed E-state index contributed by atoms with van der Waals surface area (Å²) in [6.45, 7) is 3.82. The number of rotatable bonds is 4. The van der Waals surface area contributed by atoms with Gasteiger partial charge in [0.15, 0.2) is 11.4 Å². The number of Topliss-reactive ketones (excluding diaryl/α,β-unsaturated/α-hetero) is 2. The Labute approximate surface area is 230 Å². The minimum atomic E-state index is -2.57. The van der Waals surface area contributed by atoms with Crippen molar-refractivity contribution in [2.24, 2.45) is 17.6 Å². The van der Waals surface area contributed by atoms with Crippen LogP contribution in [-0.4, -0.2) is 74.7 Å². The number of nitrogens with zero attached hydrogens (tertiary/aromatic N) is 1. The SMILES string of the molecule is NC(=O)C1=C(O)C[C@@H]2C[C@@H]3Cc4c(-c5cccc(CN6CCOCC6)c5)ccc(O)c4C(=O)C3=C(O)[C@]2(O)C1=O. The van der Waals surface area contributed by atoms with Gasteiger partial charge in [-0.05, 0) is 53.1 Å². The van der Waals surface area contributed by atoms with Gasteiger partial charge in [0, 0.05) is 37.5 Å². The van der Waals surface area contributed by atoms with Crippen LogP contribution in [0, 0.1) is 11.8 Å². The van der Waals surface area contributed by atoms with E-state index in [0.717, 1.165) is 36.3 Å². The van der Waals surface area contributed by atoms with Crippen LogP contribution in [0.5, 0.6) is 5.75 Å². The Morgan fingerprint density at radius 1 is 1.07 bits per heavy atom. The van der Waals surface area contributed by atoms with Crippen LogP contribution in [0.4, 0.5) is 0 Å². The number of carbonyl (C=O) groups is 3. The number of aliphatic hydroxyl groups is 3. The number of nitrogens with two attached hydrogens (primary N) is 1. The van der Waals surface area contributed by atoms with E-state index in [2.05, 4.69) is 11.0 Å². The molecule has 3 atom stereocenters. The minimum absolute atomic E-state index is 0.00713. The summed E-state index contributed by atoms with van der Waals surface area (Å²) in [7, 11) is 0. The molecule has 4 aliphatic rings. The van der Waals surface area contributed by atoms with E-state index in [9.17, 15) is 34.8 Å². The Balaban J connectivity index is 1.41. The van der Waals surface area contributed by atoms with Gasteiger partial charge in [-0.25, -0.2) is 0 Å². The van der Waals surface area contributed by atoms with Gasteiger partial charge in [-0.3, -0.25) is 19.3 Å². The molecule has 10 heteroatoms. The lowest BCUT2D eigenvalue weighted by Crippen LogP contribution is -2.57. The molecule has 1 heterocycles. The van der Waals surface area contributed by atoms with Crippen LogP contribution in [0.15, 0.2) is 59.1 Å². The molecule has 208 valence electrons. The monoisotopic (exact) mass is 546 g/mol. The third kappa shape index (κ3) is 3.94. The van der Waals surface area contributed by atoms with E-state index in [-0.39, 0.29) is 36.1 Å². The zero-order valence-electron chi connectivity index (χ0n) is 21.7. The number of aromatic hydroxyl groups is 1. The van der Waals surface area contributed by atoms with Crippen molar-refractivity contribution < 1.29 is 39.5 Å². The second-order valence-corrected chi connectivity index (χ2v) is 11.0. The molecule has 2 aromatic rings. The summed E-state index contributed by atoms with van der Waals surface area (Å²) in [6.07, 6.45) is 0.0901. The minimum Gasteiger partial charge on any atom is -0.511 e. The first kappa shape index (κ1) is 26.2. The number of allylic oxidation sites excluding steroid dienone is 2. The molecule has 1 aliphatic heterocycles. The number of hydrogen-bond acceptors (Lipinski definition) is 9. The number of fused-ring (bicyclic) bond motifs is 3. The lowest BCUT2D eigenvalue weighted by atomic mass is 9.60. The third-order valence-corrected chi connectivity index (χ3v) is 8.69. The van der Waals surface area contributed by atoms with Crippen molar-refractivity contribution >= 4 is 17.5 Å². The van der Waals surface area contributed by atoms with E-state index < -0.39 is 52.0 Å². The van der Waals surface area contributed by atoms with Gasteiger partial charge in [-0.2, -0.15) is 0 Å². The fourth-order valence-electron chi connectivity index (χ4n) is 6.74. The molecular formula is C30H30N2O8. The maximum atomic E-state index is 13.8. The number of ketones is 2. The first-order valence-electron chi connectivity index (χ1n) is 13.3. The average Bonchev–Trinajstić information content (AvgIpc) is 2.91. The van der Waals surface area contributed by atoms with E-state index in [4.69, 9.17) is 10.5 Å². The van der Waals surface area contributed by atoms with Crippen molar-refractivity contribution in [1.82, 2.24) is 4.90 Å². The highest BCUT2D eigenvalue weighted by atomic mass is 16.5. The topological polar surface area (TPSA) is 171 Å². The highest BCUT2D eigenvalue weighted by molar-refractivity contribution is 6.24. The van der Waals surface area contributed by atoms with Gasteiger partial charge in [-0.1, -0.05) is 24.3 Å². The van der Waals surface area contributed by atoms with Crippen LogP contribution < -0.4 is 5.73 Å². The highest BCUT2D eigenvalue weighted by Gasteiger charge is 2.59. The first-order valence-corrected chi connectivity index (χ1v) is 13.3. The quantitative estimate of drug-likeness (QED) is 0.360. The number of ether oxygens (including phenoxy) is 1. The summed E-state index contributed by atoms with van der Waals surface area (Å²) in [5.74, 6) is -6.36. The molecule has 1 saturated heterocycles. The molecule has 3 aliphatic carbocycles. The molecule has 6 N–H and O–H groups in total. The molecule has 1 amide bonds. The maximum Gasteiger partial charge on any atom is 0.255 e. The van der Waals surface area contributed by atoms with Crippen LogP contribution >= 0.6 is 0 Å². The molecule has 6 rings (SSSR count). The number of morpholine rings is 1. The van der Waals surface area contributed by atoms with Crippen LogP contribution in [0.3, 0.4) is 0 Å². The zero-order valence-corrected chi connectivity index (χ0v) is 21.7. The normalized spacial score (nSPS) is 26.8. The number of aliphatic hydroxyl groups excluding tert-OH is 2. The van der Waals surface area contributed by atoms with Gasteiger partial charge in [0.2, 0.25) is 5.78 Å². The van der Waals surface area contributed by atoms with Gasteiger partial charge < -0.3 is 30.9 Å². The standard InChI is InChI=1S/C30H30N2O8/c31-29(38)25-22(34)13-18-11-17-12-20-19(16-3-1-2-15(10-16)14-32-6-8-40-9-7-32)4-5-21(33)24(20)26(35)23(17)27(36)30(18,39)28(25)37/h1-5,10,17-18,33-34,36,39H,6-9,11-14H2,(H2,31,38)/t17-,18+,30+/m1/s1. The van der Waals surface area contributed by atoms with Crippen molar-refractivity contribution in [2.45, 2.75) is 31.4 Å². The lowest BCUT2D eigenvalue weighted by molar-refractivity contribution is -0.144. The van der Waals surface area contributed by atoms with Gasteiger partial charge in [0.05, 0.1) is 18.8 Å². The predicted octanol–water partition coefficient (Wildman–Crippen LogP) is 2.08. The summed E-state index contributed by atoms with van der Waals surface area (Å²) in [6, 6.07) is 11.2. The largest absolute Gasteiger partial charge is 0.511 e. The predicted molar refractivity (Wildman–Crippen MR) is 142 cm³/mol. The average molecular weight is 547 g/mol. The van der Waals surface area contributed by atoms with Crippen molar-refractivity contribution in [3.8, 4) is 16.9 Å². The van der Waals surface area contributed by atoms with Crippen LogP contribution in [-0.2, 0) is 27.3 Å². The lowest BCUT2D eigenvalue weighted by Gasteiger charge is -2.45. The number of primary amides is 1. The number of hydrogen-bond donors (Lipinski definition) is 5. The van der Waals surface area contributed by atoms with E-state index in [1.807, 2.05) is 18.2 Å². The van der Waals surface area contributed by atoms with E-state index in [1.165, 1.54) is 6.07 Å². The second-order valence-electron chi connectivity index (χ2n) is 11.0. The highest BCUT2D eigenvalue weighted by Crippen LogP contribution is 2.52. The molecule has 0 spiro atoms. The number of benzene rings is 2. The summed E-state index contributed by atoms with van der Waals surface area (Å²) >= 11 is 0. The van der Waals surface area contributed by atoms with Crippen molar-refractivity contribution in [3.63, 3.8) is 0 Å². The Kier molecular flexibility index (Phi) is 6.29. The van der Waals surface area contributed by atoms with Crippen LogP contribution in [0.2, 0.25) is 0 Å². The van der Waals surface area contributed by atoms with E-state index >= 15 is 0 Å².